The minimum atomic E-state index is 0.0615. The minimum absolute atomic E-state index is 0.0615. The van der Waals surface area contributed by atoms with Crippen LogP contribution in [0, 0.1) is 22.7 Å². The van der Waals surface area contributed by atoms with Crippen LogP contribution in [0.2, 0.25) is 0 Å². The number of benzene rings is 1. The van der Waals surface area contributed by atoms with Gasteiger partial charge in [-0.05, 0) is 48.3 Å². The van der Waals surface area contributed by atoms with E-state index in [-0.39, 0.29) is 11.2 Å². The highest BCUT2D eigenvalue weighted by Crippen LogP contribution is 2.45. The molecule has 1 heterocycles. The van der Waals surface area contributed by atoms with Crippen molar-refractivity contribution in [2.75, 3.05) is 7.11 Å². The van der Waals surface area contributed by atoms with Gasteiger partial charge in [0.1, 0.15) is 11.1 Å². The highest BCUT2D eigenvalue weighted by molar-refractivity contribution is 7.16. The summed E-state index contributed by atoms with van der Waals surface area (Å²) in [4.78, 5) is 5.82. The number of methoxy groups -OCH3 is 1. The number of ether oxygens (including phenoxy) is 1. The van der Waals surface area contributed by atoms with Crippen molar-refractivity contribution in [2.24, 2.45) is 16.3 Å². The highest BCUT2D eigenvalue weighted by Gasteiger charge is 2.32. The van der Waals surface area contributed by atoms with Gasteiger partial charge in [-0.25, -0.2) is 4.99 Å². The Morgan fingerprint density at radius 2 is 2.15 bits per heavy atom. The van der Waals surface area contributed by atoms with E-state index in [2.05, 4.69) is 31.8 Å². The maximum atomic E-state index is 10.2. The molecule has 3 rings (SSSR count). The third kappa shape index (κ3) is 3.47. The molecule has 1 atom stereocenters. The minimum Gasteiger partial charge on any atom is -0.504 e. The SMILES string of the molecule is COc1cccc(C=Nc2sc3c(c2C#N)CCC(C(C)(C)C)C3)c1O. The van der Waals surface area contributed by atoms with Crippen LogP contribution < -0.4 is 4.74 Å². The Balaban J connectivity index is 1.93. The second kappa shape index (κ2) is 7.13. The van der Waals surface area contributed by atoms with Gasteiger partial charge in [0.2, 0.25) is 0 Å². The van der Waals surface area contributed by atoms with Gasteiger partial charge in [0.25, 0.3) is 0 Å². The fourth-order valence-electron chi connectivity index (χ4n) is 3.45. The molecule has 0 amide bonds. The zero-order valence-electron chi connectivity index (χ0n) is 15.7. The topological polar surface area (TPSA) is 65.6 Å². The second-order valence-electron chi connectivity index (χ2n) is 7.76. The van der Waals surface area contributed by atoms with E-state index < -0.39 is 0 Å². The first-order valence-electron chi connectivity index (χ1n) is 8.79. The summed E-state index contributed by atoms with van der Waals surface area (Å²) in [6.07, 6.45) is 4.67. The van der Waals surface area contributed by atoms with Crippen LogP contribution in [-0.4, -0.2) is 18.4 Å². The van der Waals surface area contributed by atoms with E-state index in [0.717, 1.165) is 24.3 Å². The van der Waals surface area contributed by atoms with Crippen LogP contribution in [0.3, 0.4) is 0 Å². The Morgan fingerprint density at radius 3 is 2.81 bits per heavy atom. The molecular weight excluding hydrogens is 344 g/mol. The lowest BCUT2D eigenvalue weighted by Gasteiger charge is -2.33. The molecule has 1 aromatic heterocycles. The maximum Gasteiger partial charge on any atom is 0.166 e. The Kier molecular flexibility index (Phi) is 5.06. The van der Waals surface area contributed by atoms with Crippen molar-refractivity contribution in [1.29, 1.82) is 5.26 Å². The zero-order valence-corrected chi connectivity index (χ0v) is 16.5. The average molecular weight is 369 g/mol. The first kappa shape index (κ1) is 18.5. The Hall–Kier alpha value is -2.32. The molecule has 0 saturated heterocycles. The number of para-hydroxylation sites is 1. The number of fused-ring (bicyclic) bond motifs is 1. The van der Waals surface area contributed by atoms with Crippen LogP contribution in [0.15, 0.2) is 23.2 Å². The van der Waals surface area contributed by atoms with E-state index in [0.29, 0.717) is 22.8 Å². The number of phenols is 1. The molecule has 1 aromatic carbocycles. The summed E-state index contributed by atoms with van der Waals surface area (Å²) in [5.74, 6) is 1.10. The fourth-order valence-corrected chi connectivity index (χ4v) is 4.67. The molecule has 0 radical (unpaired) electrons. The van der Waals surface area contributed by atoms with Crippen LogP contribution in [0.1, 0.15) is 48.8 Å². The van der Waals surface area contributed by atoms with Gasteiger partial charge in [0.05, 0.1) is 12.7 Å². The molecule has 1 aliphatic rings. The Bertz CT molecular complexity index is 885. The standard InChI is InChI=1S/C21H24N2O2S/c1-21(2,3)14-8-9-15-16(11-22)20(26-18(15)10-14)23-12-13-6-5-7-17(25-4)19(13)24/h5-7,12,14,24H,8-10H2,1-4H3. The Morgan fingerprint density at radius 1 is 1.38 bits per heavy atom. The molecule has 1 unspecified atom stereocenters. The lowest BCUT2D eigenvalue weighted by atomic mass is 9.72. The molecule has 1 N–H and O–H groups in total. The van der Waals surface area contributed by atoms with Crippen molar-refractivity contribution in [1.82, 2.24) is 0 Å². The van der Waals surface area contributed by atoms with Gasteiger partial charge in [-0.3, -0.25) is 0 Å². The smallest absolute Gasteiger partial charge is 0.166 e. The third-order valence-electron chi connectivity index (χ3n) is 5.15. The fraction of sp³-hybridized carbons (Fsp3) is 0.429. The summed E-state index contributed by atoms with van der Waals surface area (Å²) in [5, 5.41) is 20.6. The molecule has 5 heteroatoms. The van der Waals surface area contributed by atoms with E-state index in [1.807, 2.05) is 0 Å². The lowest BCUT2D eigenvalue weighted by Crippen LogP contribution is -2.26. The predicted octanol–water partition coefficient (Wildman–Crippen LogP) is 5.24. The summed E-state index contributed by atoms with van der Waals surface area (Å²) >= 11 is 1.61. The number of thiophene rings is 1. The van der Waals surface area contributed by atoms with Crippen molar-refractivity contribution in [3.8, 4) is 17.6 Å². The zero-order chi connectivity index (χ0) is 18.9. The van der Waals surface area contributed by atoms with Gasteiger partial charge in [-0.15, -0.1) is 11.3 Å². The van der Waals surface area contributed by atoms with Gasteiger partial charge in [0.15, 0.2) is 11.5 Å². The van der Waals surface area contributed by atoms with E-state index in [4.69, 9.17) is 4.74 Å². The summed E-state index contributed by atoms with van der Waals surface area (Å²) in [6.45, 7) is 6.85. The molecule has 0 saturated carbocycles. The average Bonchev–Trinajstić information content (AvgIpc) is 2.96. The quantitative estimate of drug-likeness (QED) is 0.754. The molecule has 0 aliphatic heterocycles. The van der Waals surface area contributed by atoms with Crippen LogP contribution in [-0.2, 0) is 12.8 Å². The summed E-state index contributed by atoms with van der Waals surface area (Å²) < 4.78 is 5.13. The number of nitriles is 1. The molecule has 136 valence electrons. The second-order valence-corrected chi connectivity index (χ2v) is 8.84. The van der Waals surface area contributed by atoms with Crippen molar-refractivity contribution >= 4 is 22.6 Å². The van der Waals surface area contributed by atoms with Gasteiger partial charge in [-0.1, -0.05) is 26.8 Å². The van der Waals surface area contributed by atoms with Gasteiger partial charge in [-0.2, -0.15) is 5.26 Å². The molecule has 26 heavy (non-hydrogen) atoms. The van der Waals surface area contributed by atoms with Crippen molar-refractivity contribution < 1.29 is 9.84 Å². The van der Waals surface area contributed by atoms with Crippen LogP contribution in [0.4, 0.5) is 5.00 Å². The molecular formula is C21H24N2O2S. The van der Waals surface area contributed by atoms with E-state index >= 15 is 0 Å². The molecule has 1 aliphatic carbocycles. The number of hydrogen-bond donors (Lipinski definition) is 1. The molecule has 0 spiro atoms. The number of phenolic OH excluding ortho intramolecular Hbond substituents is 1. The Labute approximate surface area is 158 Å². The normalized spacial score (nSPS) is 17.1. The predicted molar refractivity (Wildman–Crippen MR) is 106 cm³/mol. The van der Waals surface area contributed by atoms with Gasteiger partial charge in [0, 0.05) is 16.7 Å². The largest absolute Gasteiger partial charge is 0.504 e. The first-order valence-corrected chi connectivity index (χ1v) is 9.61. The number of rotatable bonds is 3. The molecule has 0 fully saturated rings. The molecule has 2 aromatic rings. The molecule has 4 nitrogen and oxygen atoms in total. The van der Waals surface area contributed by atoms with Gasteiger partial charge >= 0.3 is 0 Å². The first-order chi connectivity index (χ1) is 12.3. The molecule has 0 bridgehead atoms. The monoisotopic (exact) mass is 368 g/mol. The van der Waals surface area contributed by atoms with Crippen molar-refractivity contribution in [2.45, 2.75) is 40.0 Å². The number of aliphatic imine (C=N–C) groups is 1. The number of nitrogens with zero attached hydrogens (tertiary/aromatic N) is 2. The number of hydrogen-bond acceptors (Lipinski definition) is 5. The van der Waals surface area contributed by atoms with Crippen LogP contribution >= 0.6 is 11.3 Å². The van der Waals surface area contributed by atoms with Crippen molar-refractivity contribution in [3.05, 3.63) is 39.8 Å². The highest BCUT2D eigenvalue weighted by atomic mass is 32.1. The summed E-state index contributed by atoms with van der Waals surface area (Å²) in [7, 11) is 1.52. The van der Waals surface area contributed by atoms with Crippen molar-refractivity contribution in [3.63, 3.8) is 0 Å². The third-order valence-corrected chi connectivity index (χ3v) is 6.32. The lowest BCUT2D eigenvalue weighted by molar-refractivity contribution is 0.218. The van der Waals surface area contributed by atoms with Gasteiger partial charge < -0.3 is 9.84 Å². The van der Waals surface area contributed by atoms with Crippen LogP contribution in [0.5, 0.6) is 11.5 Å². The summed E-state index contributed by atoms with van der Waals surface area (Å²) in [6, 6.07) is 7.62. The summed E-state index contributed by atoms with van der Waals surface area (Å²) in [5.41, 5.74) is 2.70. The van der Waals surface area contributed by atoms with Crippen LogP contribution in [0.25, 0.3) is 0 Å². The van der Waals surface area contributed by atoms with E-state index in [1.54, 1.807) is 35.8 Å². The number of aromatic hydroxyl groups is 1. The maximum absolute atomic E-state index is 10.2. The van der Waals surface area contributed by atoms with E-state index in [9.17, 15) is 10.4 Å². The van der Waals surface area contributed by atoms with E-state index in [1.165, 1.54) is 17.6 Å².